The Morgan fingerprint density at radius 2 is 1.70 bits per heavy atom. The van der Waals surface area contributed by atoms with Crippen LogP contribution >= 0.6 is 15.9 Å². The number of carbonyl (C=O) groups is 2. The highest BCUT2D eigenvalue weighted by Crippen LogP contribution is 2.43. The Labute approximate surface area is 222 Å². The molecule has 3 aromatic rings. The van der Waals surface area contributed by atoms with Gasteiger partial charge in [-0.25, -0.2) is 0 Å². The van der Waals surface area contributed by atoms with Gasteiger partial charge >= 0.3 is 0 Å². The molecule has 0 radical (unpaired) electrons. The lowest BCUT2D eigenvalue weighted by Gasteiger charge is -2.26. The van der Waals surface area contributed by atoms with Gasteiger partial charge in [-0.15, -0.1) is 0 Å². The van der Waals surface area contributed by atoms with E-state index in [1.807, 2.05) is 12.1 Å². The number of ether oxygens (including phenoxy) is 3. The Morgan fingerprint density at radius 3 is 2.38 bits per heavy atom. The minimum Gasteiger partial charge on any atom is -0.507 e. The fourth-order valence-electron chi connectivity index (χ4n) is 4.35. The number of hydrogen-bond donors (Lipinski definition) is 2. The van der Waals surface area contributed by atoms with Gasteiger partial charge in [-0.2, -0.15) is 0 Å². The summed E-state index contributed by atoms with van der Waals surface area (Å²) in [5, 5.41) is 21.6. The largest absolute Gasteiger partial charge is 0.507 e. The lowest BCUT2D eigenvalue weighted by Crippen LogP contribution is -2.29. The number of ketones is 1. The van der Waals surface area contributed by atoms with Crippen LogP contribution in [0.5, 0.6) is 23.0 Å². The Bertz CT molecular complexity index is 1380. The van der Waals surface area contributed by atoms with Gasteiger partial charge < -0.3 is 29.3 Å². The minimum absolute atomic E-state index is 0.0488. The number of amides is 1. The van der Waals surface area contributed by atoms with Crippen LogP contribution in [0.15, 0.2) is 70.7 Å². The zero-order chi connectivity index (χ0) is 26.7. The Kier molecular flexibility index (Phi) is 7.73. The predicted molar refractivity (Wildman–Crippen MR) is 141 cm³/mol. The smallest absolute Gasteiger partial charge is 0.295 e. The lowest BCUT2D eigenvalue weighted by molar-refractivity contribution is -0.140. The monoisotopic (exact) mass is 567 g/mol. The molecule has 2 N–H and O–H groups in total. The van der Waals surface area contributed by atoms with Crippen molar-refractivity contribution in [3.63, 3.8) is 0 Å². The Morgan fingerprint density at radius 1 is 0.973 bits per heavy atom. The molecule has 0 aliphatic carbocycles. The number of phenolic OH excluding ortho intramolecular Hbond substituents is 1. The SMILES string of the molecule is CCOc1cc(C2/C(=C(/O)c3ccc(OC)c(Br)c3)C(=O)C(=O)N2Cc2ccccc2OC)ccc1O. The van der Waals surface area contributed by atoms with Crippen LogP contribution in [0, 0.1) is 0 Å². The molecule has 3 aromatic carbocycles. The molecule has 1 saturated heterocycles. The number of halogens is 1. The van der Waals surface area contributed by atoms with Crippen molar-refractivity contribution in [2.24, 2.45) is 0 Å². The van der Waals surface area contributed by atoms with Crippen molar-refractivity contribution in [1.29, 1.82) is 0 Å². The molecule has 1 fully saturated rings. The molecular weight excluding hydrogens is 542 g/mol. The van der Waals surface area contributed by atoms with Crippen molar-refractivity contribution < 1.29 is 34.0 Å². The van der Waals surface area contributed by atoms with Crippen molar-refractivity contribution in [2.45, 2.75) is 19.5 Å². The van der Waals surface area contributed by atoms with E-state index in [1.165, 1.54) is 25.2 Å². The van der Waals surface area contributed by atoms with Crippen molar-refractivity contribution in [1.82, 2.24) is 4.90 Å². The van der Waals surface area contributed by atoms with E-state index in [0.29, 0.717) is 39.3 Å². The number of nitrogens with zero attached hydrogens (tertiary/aromatic N) is 1. The van der Waals surface area contributed by atoms with Gasteiger partial charge in [0.1, 0.15) is 17.3 Å². The molecule has 0 saturated carbocycles. The van der Waals surface area contributed by atoms with Gasteiger partial charge in [0.15, 0.2) is 11.5 Å². The summed E-state index contributed by atoms with van der Waals surface area (Å²) in [6.45, 7) is 2.13. The number of para-hydroxylation sites is 1. The van der Waals surface area contributed by atoms with E-state index in [4.69, 9.17) is 14.2 Å². The van der Waals surface area contributed by atoms with E-state index in [1.54, 1.807) is 49.4 Å². The zero-order valence-electron chi connectivity index (χ0n) is 20.5. The number of carbonyl (C=O) groups excluding carboxylic acids is 2. The molecule has 9 heteroatoms. The van der Waals surface area contributed by atoms with Crippen molar-refractivity contribution >= 4 is 33.4 Å². The number of aliphatic hydroxyl groups excluding tert-OH is 1. The van der Waals surface area contributed by atoms with Crippen molar-refractivity contribution in [2.75, 3.05) is 20.8 Å². The van der Waals surface area contributed by atoms with Gasteiger partial charge in [-0.05, 0) is 64.8 Å². The number of rotatable bonds is 8. The molecule has 1 heterocycles. The highest BCUT2D eigenvalue weighted by Gasteiger charge is 2.46. The number of benzene rings is 3. The molecule has 1 aliphatic rings. The number of phenols is 1. The normalized spacial score (nSPS) is 16.6. The number of likely N-dealkylation sites (tertiary alicyclic amines) is 1. The third-order valence-electron chi connectivity index (χ3n) is 6.10. The van der Waals surface area contributed by atoms with Crippen LogP contribution in [0.4, 0.5) is 0 Å². The molecular formula is C28H26BrNO7. The molecule has 0 bridgehead atoms. The average molecular weight is 568 g/mol. The number of aliphatic hydroxyl groups is 1. The summed E-state index contributed by atoms with van der Waals surface area (Å²) in [6, 6.07) is 15.7. The molecule has 1 atom stereocenters. The Hall–Kier alpha value is -3.98. The summed E-state index contributed by atoms with van der Waals surface area (Å²) in [6.07, 6.45) is 0. The van der Waals surface area contributed by atoms with Crippen LogP contribution in [0.25, 0.3) is 5.76 Å². The van der Waals surface area contributed by atoms with Gasteiger partial charge in [-0.3, -0.25) is 9.59 Å². The van der Waals surface area contributed by atoms with Crippen LogP contribution in [0.2, 0.25) is 0 Å². The van der Waals surface area contributed by atoms with E-state index in [0.717, 1.165) is 0 Å². The molecule has 0 spiro atoms. The summed E-state index contributed by atoms with van der Waals surface area (Å²) in [4.78, 5) is 28.1. The minimum atomic E-state index is -0.953. The topological polar surface area (TPSA) is 106 Å². The molecule has 0 aromatic heterocycles. The standard InChI is InChI=1S/C28H26BrNO7/c1-4-37-23-14-16(9-11-20(23)31)25-24(26(32)17-10-12-22(36-3)19(29)13-17)27(33)28(34)30(25)15-18-7-5-6-8-21(18)35-2/h5-14,25,31-32H,4,15H2,1-3H3/b26-24-. The maximum atomic E-state index is 13.4. The van der Waals surface area contributed by atoms with E-state index in [2.05, 4.69) is 15.9 Å². The first-order valence-corrected chi connectivity index (χ1v) is 12.3. The molecule has 1 unspecified atom stereocenters. The van der Waals surface area contributed by atoms with Gasteiger partial charge in [-0.1, -0.05) is 24.3 Å². The molecule has 1 aliphatic heterocycles. The second kappa shape index (κ2) is 11.0. The summed E-state index contributed by atoms with van der Waals surface area (Å²) in [7, 11) is 3.05. The van der Waals surface area contributed by atoms with Gasteiger partial charge in [0.25, 0.3) is 11.7 Å². The van der Waals surface area contributed by atoms with Crippen LogP contribution in [-0.4, -0.2) is 47.6 Å². The molecule has 192 valence electrons. The summed E-state index contributed by atoms with van der Waals surface area (Å²) in [5.41, 5.74) is 1.43. The van der Waals surface area contributed by atoms with Gasteiger partial charge in [0.05, 0.1) is 43.5 Å². The van der Waals surface area contributed by atoms with E-state index < -0.39 is 17.7 Å². The number of hydrogen-bond acceptors (Lipinski definition) is 7. The second-order valence-corrected chi connectivity index (χ2v) is 9.10. The number of Topliss-reactive ketones (excluding diaryl/α,β-unsaturated/α-hetero) is 1. The summed E-state index contributed by atoms with van der Waals surface area (Å²) in [5.74, 6) is -0.694. The fourth-order valence-corrected chi connectivity index (χ4v) is 4.89. The highest BCUT2D eigenvalue weighted by atomic mass is 79.9. The highest BCUT2D eigenvalue weighted by molar-refractivity contribution is 9.10. The van der Waals surface area contributed by atoms with E-state index in [9.17, 15) is 19.8 Å². The quantitative estimate of drug-likeness (QED) is 0.219. The van der Waals surface area contributed by atoms with E-state index >= 15 is 0 Å². The fraction of sp³-hybridized carbons (Fsp3) is 0.214. The maximum Gasteiger partial charge on any atom is 0.295 e. The van der Waals surface area contributed by atoms with Gasteiger partial charge in [0, 0.05) is 11.1 Å². The van der Waals surface area contributed by atoms with Gasteiger partial charge in [0.2, 0.25) is 0 Å². The molecule has 1 amide bonds. The number of aromatic hydroxyl groups is 1. The van der Waals surface area contributed by atoms with Crippen LogP contribution < -0.4 is 14.2 Å². The third kappa shape index (κ3) is 4.99. The second-order valence-electron chi connectivity index (χ2n) is 8.25. The lowest BCUT2D eigenvalue weighted by atomic mass is 9.94. The Balaban J connectivity index is 1.90. The van der Waals surface area contributed by atoms with Crippen molar-refractivity contribution in [3.05, 3.63) is 87.4 Å². The number of methoxy groups -OCH3 is 2. The zero-order valence-corrected chi connectivity index (χ0v) is 22.1. The predicted octanol–water partition coefficient (Wildman–Crippen LogP) is 5.19. The summed E-state index contributed by atoms with van der Waals surface area (Å²) < 4.78 is 16.8. The maximum absolute atomic E-state index is 13.4. The molecule has 8 nitrogen and oxygen atoms in total. The van der Waals surface area contributed by atoms with Crippen LogP contribution in [0.1, 0.15) is 29.7 Å². The van der Waals surface area contributed by atoms with Crippen molar-refractivity contribution in [3.8, 4) is 23.0 Å². The summed E-state index contributed by atoms with van der Waals surface area (Å²) >= 11 is 3.40. The molecule has 37 heavy (non-hydrogen) atoms. The van der Waals surface area contributed by atoms with Crippen LogP contribution in [-0.2, 0) is 16.1 Å². The van der Waals surface area contributed by atoms with Crippen LogP contribution in [0.3, 0.4) is 0 Å². The van der Waals surface area contributed by atoms with E-state index in [-0.39, 0.29) is 29.4 Å². The first-order valence-electron chi connectivity index (χ1n) is 11.5. The third-order valence-corrected chi connectivity index (χ3v) is 6.72. The first-order chi connectivity index (χ1) is 17.8. The average Bonchev–Trinajstić information content (AvgIpc) is 3.15. The molecule has 4 rings (SSSR count). The first kappa shape index (κ1) is 26.1.